The minimum atomic E-state index is -4.17. The third-order valence-corrected chi connectivity index (χ3v) is 6.90. The van der Waals surface area contributed by atoms with E-state index in [1.807, 2.05) is 20.8 Å². The first-order chi connectivity index (χ1) is 15.0. The average molecular weight is 488 g/mol. The lowest BCUT2D eigenvalue weighted by molar-refractivity contribution is 0.318. The van der Waals surface area contributed by atoms with Crippen LogP contribution in [0.3, 0.4) is 0 Å². The topological polar surface area (TPSA) is 156 Å². The Balaban J connectivity index is 2.47. The fourth-order valence-corrected chi connectivity index (χ4v) is 4.68. The van der Waals surface area contributed by atoms with Gasteiger partial charge in [0.1, 0.15) is 11.6 Å². The zero-order valence-corrected chi connectivity index (χ0v) is 20.0. The summed E-state index contributed by atoms with van der Waals surface area (Å²) < 4.78 is 63.8. The molecule has 3 N–H and O–H groups in total. The third kappa shape index (κ3) is 6.86. The molecule has 1 aromatic carbocycles. The highest BCUT2D eigenvalue weighted by atomic mass is 32.2. The van der Waals surface area contributed by atoms with Crippen LogP contribution in [-0.4, -0.2) is 50.3 Å². The first kappa shape index (κ1) is 26.0. The van der Waals surface area contributed by atoms with Crippen LogP contribution in [0.25, 0.3) is 11.4 Å². The first-order valence-corrected chi connectivity index (χ1v) is 13.5. The van der Waals surface area contributed by atoms with Gasteiger partial charge in [-0.15, -0.1) is 0 Å². The van der Waals surface area contributed by atoms with Crippen LogP contribution in [-0.2, 0) is 33.0 Å². The molecule has 0 fully saturated rings. The molecule has 0 aliphatic carbocycles. The monoisotopic (exact) mass is 487 g/mol. The lowest BCUT2D eigenvalue weighted by Crippen LogP contribution is -2.26. The second-order valence-electron chi connectivity index (χ2n) is 7.09. The number of H-pyrrole nitrogens is 1. The molecule has 0 saturated heterocycles. The zero-order valence-electron chi connectivity index (χ0n) is 18.3. The lowest BCUT2D eigenvalue weighted by atomic mass is 10.1. The van der Waals surface area contributed by atoms with Gasteiger partial charge in [-0.3, -0.25) is 9.35 Å². The van der Waals surface area contributed by atoms with Crippen molar-refractivity contribution in [3.05, 3.63) is 39.8 Å². The minimum Gasteiger partial charge on any atom is -0.493 e. The Morgan fingerprint density at radius 3 is 2.44 bits per heavy atom. The molecule has 0 atom stereocenters. The molecule has 32 heavy (non-hydrogen) atoms. The largest absolute Gasteiger partial charge is 0.493 e. The highest BCUT2D eigenvalue weighted by Gasteiger charge is 2.20. The van der Waals surface area contributed by atoms with Gasteiger partial charge in [0.25, 0.3) is 15.7 Å². The van der Waals surface area contributed by atoms with Crippen molar-refractivity contribution < 1.29 is 26.1 Å². The molecule has 2 rings (SSSR count). The van der Waals surface area contributed by atoms with Gasteiger partial charge < -0.3 is 9.72 Å². The van der Waals surface area contributed by atoms with Crippen LogP contribution >= 0.6 is 0 Å². The van der Waals surface area contributed by atoms with E-state index in [0.29, 0.717) is 42.0 Å². The van der Waals surface area contributed by atoms with Gasteiger partial charge in [0.15, 0.2) is 0 Å². The summed E-state index contributed by atoms with van der Waals surface area (Å²) in [5.41, 5.74) is 1.25. The van der Waals surface area contributed by atoms with Crippen molar-refractivity contribution in [1.29, 1.82) is 0 Å². The number of aryl methyl sites for hydroxylation is 1. The molecular formula is C20H29N3O7S2. The summed E-state index contributed by atoms with van der Waals surface area (Å²) in [5.74, 6) is 0.0319. The number of hydrogen-bond donors (Lipinski definition) is 3. The second-order valence-corrected chi connectivity index (χ2v) is 10.4. The molecule has 0 unspecified atom stereocenters. The Bertz CT molecular complexity index is 1210. The van der Waals surface area contributed by atoms with Gasteiger partial charge in [0.05, 0.1) is 28.5 Å². The molecule has 1 heterocycles. The van der Waals surface area contributed by atoms with E-state index in [4.69, 9.17) is 9.29 Å². The Hall–Kier alpha value is -2.28. The summed E-state index contributed by atoms with van der Waals surface area (Å²) in [7, 11) is -8.16. The normalized spacial score (nSPS) is 12.1. The number of benzene rings is 1. The number of hydrogen-bond acceptors (Lipinski definition) is 7. The van der Waals surface area contributed by atoms with E-state index in [1.54, 1.807) is 0 Å². The second kappa shape index (κ2) is 11.0. The summed E-state index contributed by atoms with van der Waals surface area (Å²) in [6.45, 7) is 5.90. The van der Waals surface area contributed by atoms with Crippen LogP contribution in [0.4, 0.5) is 0 Å². The van der Waals surface area contributed by atoms with Gasteiger partial charge in [-0.1, -0.05) is 20.8 Å². The smallest absolute Gasteiger partial charge is 0.264 e. The average Bonchev–Trinajstić information content (AvgIpc) is 2.73. The van der Waals surface area contributed by atoms with Crippen LogP contribution in [0, 0.1) is 0 Å². The van der Waals surface area contributed by atoms with Crippen LogP contribution in [0.2, 0.25) is 0 Å². The summed E-state index contributed by atoms with van der Waals surface area (Å²) in [5, 5.41) is 0. The van der Waals surface area contributed by atoms with E-state index in [2.05, 4.69) is 14.7 Å². The molecular weight excluding hydrogens is 458 g/mol. The number of nitrogens with one attached hydrogen (secondary N) is 2. The Kier molecular flexibility index (Phi) is 8.96. The van der Waals surface area contributed by atoms with E-state index in [9.17, 15) is 21.6 Å². The molecule has 0 aliphatic heterocycles. The zero-order chi connectivity index (χ0) is 23.9. The molecule has 0 amide bonds. The number of sulfonamides is 1. The van der Waals surface area contributed by atoms with E-state index < -0.39 is 25.9 Å². The van der Waals surface area contributed by atoms with Crippen molar-refractivity contribution in [2.24, 2.45) is 0 Å². The molecule has 0 bridgehead atoms. The summed E-state index contributed by atoms with van der Waals surface area (Å²) in [6, 6.07) is 4.22. The molecule has 0 radical (unpaired) electrons. The van der Waals surface area contributed by atoms with E-state index in [0.717, 1.165) is 6.42 Å². The highest BCUT2D eigenvalue weighted by Crippen LogP contribution is 2.30. The van der Waals surface area contributed by atoms with Gasteiger partial charge in [-0.25, -0.2) is 18.1 Å². The number of aromatic nitrogens is 2. The predicted octanol–water partition coefficient (Wildman–Crippen LogP) is 1.91. The van der Waals surface area contributed by atoms with Gasteiger partial charge in [0, 0.05) is 12.1 Å². The van der Waals surface area contributed by atoms with Crippen LogP contribution in [0.5, 0.6) is 5.75 Å². The Labute approximate surface area is 188 Å². The predicted molar refractivity (Wildman–Crippen MR) is 121 cm³/mol. The van der Waals surface area contributed by atoms with Crippen molar-refractivity contribution in [2.75, 3.05) is 18.9 Å². The Morgan fingerprint density at radius 2 is 1.84 bits per heavy atom. The molecule has 12 heteroatoms. The van der Waals surface area contributed by atoms with Crippen LogP contribution < -0.4 is 15.0 Å². The maximum absolute atomic E-state index is 12.7. The van der Waals surface area contributed by atoms with Gasteiger partial charge in [-0.2, -0.15) is 8.42 Å². The number of aromatic amines is 1. The molecule has 0 spiro atoms. The molecule has 0 aliphatic rings. The standard InChI is InChI=1S/C20H29N3O7S2/c1-4-11-30-18-9-8-14(32(28,29)21-10-7-12-31(25,26)27)13-16(18)19-22-17(6-3)15(5-2)20(24)23-19/h8-9,13,21H,4-7,10-12H2,1-3H3,(H,22,23,24)(H,25,26,27). The molecule has 1 aromatic heterocycles. The number of nitrogens with zero attached hydrogens (tertiary/aromatic N) is 1. The number of rotatable bonds is 12. The SMILES string of the molecule is CCCOc1ccc(S(=O)(=O)NCCCS(=O)(=O)O)cc1-c1nc(CC)c(CC)c(=O)[nH]1. The fourth-order valence-electron chi connectivity index (χ4n) is 3.07. The van der Waals surface area contributed by atoms with Crippen molar-refractivity contribution >= 4 is 20.1 Å². The quantitative estimate of drug-likeness (QED) is 0.303. The fraction of sp³-hybridized carbons (Fsp3) is 0.500. The molecule has 0 saturated carbocycles. The first-order valence-electron chi connectivity index (χ1n) is 10.4. The van der Waals surface area contributed by atoms with Crippen LogP contribution in [0.1, 0.15) is 44.9 Å². The maximum Gasteiger partial charge on any atom is 0.264 e. The molecule has 178 valence electrons. The van der Waals surface area contributed by atoms with Gasteiger partial charge in [-0.05, 0) is 43.9 Å². The third-order valence-electron chi connectivity index (χ3n) is 4.64. The highest BCUT2D eigenvalue weighted by molar-refractivity contribution is 7.89. The maximum atomic E-state index is 12.7. The van der Waals surface area contributed by atoms with Crippen LogP contribution in [0.15, 0.2) is 27.9 Å². The lowest BCUT2D eigenvalue weighted by Gasteiger charge is -2.14. The van der Waals surface area contributed by atoms with E-state index in [-0.39, 0.29) is 29.2 Å². The summed E-state index contributed by atoms with van der Waals surface area (Å²) in [4.78, 5) is 19.7. The minimum absolute atomic E-state index is 0.0875. The summed E-state index contributed by atoms with van der Waals surface area (Å²) >= 11 is 0. The summed E-state index contributed by atoms with van der Waals surface area (Å²) in [6.07, 6.45) is 1.70. The molecule has 2 aromatic rings. The van der Waals surface area contributed by atoms with Gasteiger partial charge >= 0.3 is 0 Å². The van der Waals surface area contributed by atoms with Crippen molar-refractivity contribution in [3.8, 4) is 17.1 Å². The van der Waals surface area contributed by atoms with Crippen molar-refractivity contribution in [2.45, 2.75) is 51.3 Å². The van der Waals surface area contributed by atoms with Gasteiger partial charge in [0.2, 0.25) is 10.0 Å². The van der Waals surface area contributed by atoms with E-state index in [1.165, 1.54) is 18.2 Å². The number of ether oxygens (including phenoxy) is 1. The van der Waals surface area contributed by atoms with E-state index >= 15 is 0 Å². The van der Waals surface area contributed by atoms with Crippen molar-refractivity contribution in [3.63, 3.8) is 0 Å². The Morgan fingerprint density at radius 1 is 1.12 bits per heavy atom. The molecule has 10 nitrogen and oxygen atoms in total. The van der Waals surface area contributed by atoms with Crippen molar-refractivity contribution in [1.82, 2.24) is 14.7 Å².